The monoisotopic (exact) mass is 476 g/mol. The summed E-state index contributed by atoms with van der Waals surface area (Å²) in [7, 11) is 1.60. The Morgan fingerprint density at radius 2 is 1.80 bits per heavy atom. The molecule has 35 heavy (non-hydrogen) atoms. The van der Waals surface area contributed by atoms with Crippen LogP contribution in [0.3, 0.4) is 0 Å². The van der Waals surface area contributed by atoms with Crippen molar-refractivity contribution in [3.63, 3.8) is 0 Å². The third kappa shape index (κ3) is 4.62. The topological polar surface area (TPSA) is 71.5 Å². The molecule has 1 amide bonds. The Kier molecular flexibility index (Phi) is 5.69. The van der Waals surface area contributed by atoms with Crippen molar-refractivity contribution < 1.29 is 24.1 Å². The maximum absolute atomic E-state index is 13.0. The molecule has 0 aromatic heterocycles. The van der Waals surface area contributed by atoms with E-state index in [2.05, 4.69) is 17.0 Å². The average Bonchev–Trinajstić information content (AvgIpc) is 3.77. The Hall–Kier alpha value is -3.03. The minimum Gasteiger partial charge on any atom is -0.493 e. The van der Waals surface area contributed by atoms with Crippen molar-refractivity contribution in [1.82, 2.24) is 4.90 Å². The first kappa shape index (κ1) is 22.4. The van der Waals surface area contributed by atoms with Gasteiger partial charge in [0.25, 0.3) is 5.91 Å². The SMILES string of the molecule is COc1cc(N2CC=C(Oc3ccc(C4CC4)cc3)C2=O)ccc1OCCN1CC(O)(C2CC2)C1. The molecule has 0 unspecified atom stereocenters. The molecule has 2 aromatic rings. The van der Waals surface area contributed by atoms with E-state index in [1.807, 2.05) is 36.4 Å². The second-order valence-electron chi connectivity index (χ2n) is 10.2. The van der Waals surface area contributed by atoms with Crippen molar-refractivity contribution in [1.29, 1.82) is 0 Å². The van der Waals surface area contributed by atoms with Crippen LogP contribution in [0.25, 0.3) is 0 Å². The van der Waals surface area contributed by atoms with Crippen LogP contribution < -0.4 is 19.1 Å². The molecule has 2 aliphatic carbocycles. The fourth-order valence-electron chi connectivity index (χ4n) is 5.13. The van der Waals surface area contributed by atoms with Gasteiger partial charge in [0.2, 0.25) is 0 Å². The van der Waals surface area contributed by atoms with E-state index in [1.165, 1.54) is 18.4 Å². The number of hydrogen-bond donors (Lipinski definition) is 1. The number of nitrogens with zero attached hydrogens (tertiary/aromatic N) is 2. The zero-order chi connectivity index (χ0) is 24.0. The zero-order valence-electron chi connectivity index (χ0n) is 20.1. The number of β-amino-alcohol motifs (C(OH)–C–C–N with tert-alkyl or cyclic N) is 1. The van der Waals surface area contributed by atoms with Crippen LogP contribution in [0.4, 0.5) is 5.69 Å². The molecule has 4 aliphatic rings. The highest BCUT2D eigenvalue weighted by Crippen LogP contribution is 2.44. The van der Waals surface area contributed by atoms with Crippen molar-refractivity contribution in [2.24, 2.45) is 5.92 Å². The van der Waals surface area contributed by atoms with Crippen LogP contribution in [-0.4, -0.2) is 61.4 Å². The van der Waals surface area contributed by atoms with E-state index in [9.17, 15) is 9.90 Å². The highest BCUT2D eigenvalue weighted by atomic mass is 16.5. The van der Waals surface area contributed by atoms with Gasteiger partial charge in [-0.15, -0.1) is 0 Å². The Morgan fingerprint density at radius 3 is 2.49 bits per heavy atom. The Balaban J connectivity index is 1.03. The lowest BCUT2D eigenvalue weighted by molar-refractivity contribution is -0.116. The Morgan fingerprint density at radius 1 is 1.03 bits per heavy atom. The fourth-order valence-corrected chi connectivity index (χ4v) is 5.13. The number of likely N-dealkylation sites (tertiary alicyclic amines) is 1. The third-order valence-corrected chi connectivity index (χ3v) is 7.53. The first-order valence-electron chi connectivity index (χ1n) is 12.6. The summed E-state index contributed by atoms with van der Waals surface area (Å²) in [6.45, 7) is 3.18. The molecule has 7 nitrogen and oxygen atoms in total. The molecular formula is C28H32N2O5. The van der Waals surface area contributed by atoms with Gasteiger partial charge in [-0.1, -0.05) is 12.1 Å². The van der Waals surface area contributed by atoms with Crippen molar-refractivity contribution in [2.75, 3.05) is 44.8 Å². The van der Waals surface area contributed by atoms with E-state index in [0.717, 1.165) is 38.2 Å². The molecular weight excluding hydrogens is 444 g/mol. The minimum atomic E-state index is -0.474. The lowest BCUT2D eigenvalue weighted by atomic mass is 9.89. The number of methoxy groups -OCH3 is 1. The molecule has 0 spiro atoms. The molecule has 0 radical (unpaired) electrons. The van der Waals surface area contributed by atoms with E-state index in [1.54, 1.807) is 12.0 Å². The number of rotatable bonds is 10. The van der Waals surface area contributed by atoms with Crippen LogP contribution >= 0.6 is 0 Å². The maximum Gasteiger partial charge on any atom is 0.294 e. The van der Waals surface area contributed by atoms with Gasteiger partial charge in [-0.3, -0.25) is 9.69 Å². The normalized spacial score (nSPS) is 21.5. The molecule has 0 atom stereocenters. The average molecular weight is 477 g/mol. The molecule has 2 aromatic carbocycles. The molecule has 1 saturated heterocycles. The zero-order valence-corrected chi connectivity index (χ0v) is 20.1. The van der Waals surface area contributed by atoms with E-state index in [-0.39, 0.29) is 5.91 Å². The molecule has 6 rings (SSSR count). The van der Waals surface area contributed by atoms with Gasteiger partial charge in [-0.2, -0.15) is 0 Å². The predicted octanol–water partition coefficient (Wildman–Crippen LogP) is 3.72. The Bertz CT molecular complexity index is 1130. The van der Waals surface area contributed by atoms with Gasteiger partial charge in [0, 0.05) is 37.9 Å². The van der Waals surface area contributed by atoms with E-state index >= 15 is 0 Å². The van der Waals surface area contributed by atoms with Gasteiger partial charge in [-0.05, 0) is 73.4 Å². The summed E-state index contributed by atoms with van der Waals surface area (Å²) in [5.41, 5.74) is 1.60. The van der Waals surface area contributed by atoms with E-state index in [0.29, 0.717) is 48.0 Å². The van der Waals surface area contributed by atoms with Crippen molar-refractivity contribution in [3.8, 4) is 17.2 Å². The number of anilines is 1. The summed E-state index contributed by atoms with van der Waals surface area (Å²) in [5.74, 6) is 3.25. The van der Waals surface area contributed by atoms with Gasteiger partial charge in [0.1, 0.15) is 12.4 Å². The van der Waals surface area contributed by atoms with Crippen LogP contribution in [0.5, 0.6) is 17.2 Å². The van der Waals surface area contributed by atoms with Crippen molar-refractivity contribution in [2.45, 2.75) is 37.2 Å². The number of aliphatic hydroxyl groups is 1. The van der Waals surface area contributed by atoms with Gasteiger partial charge in [0.15, 0.2) is 17.3 Å². The number of ether oxygens (including phenoxy) is 3. The minimum absolute atomic E-state index is 0.173. The quantitative estimate of drug-likeness (QED) is 0.564. The first-order chi connectivity index (χ1) is 17.0. The number of carbonyl (C=O) groups excluding carboxylic acids is 1. The largest absolute Gasteiger partial charge is 0.493 e. The molecule has 1 N–H and O–H groups in total. The van der Waals surface area contributed by atoms with E-state index < -0.39 is 5.60 Å². The number of amides is 1. The summed E-state index contributed by atoms with van der Waals surface area (Å²) in [6.07, 6.45) is 6.63. The highest BCUT2D eigenvalue weighted by molar-refractivity contribution is 6.07. The summed E-state index contributed by atoms with van der Waals surface area (Å²) >= 11 is 0. The van der Waals surface area contributed by atoms with Crippen molar-refractivity contribution in [3.05, 3.63) is 59.9 Å². The summed E-state index contributed by atoms with van der Waals surface area (Å²) in [5, 5.41) is 10.5. The lowest BCUT2D eigenvalue weighted by Crippen LogP contribution is -2.63. The van der Waals surface area contributed by atoms with Crippen LogP contribution in [0.1, 0.15) is 37.2 Å². The standard InChI is InChI=1S/C28H32N2O5/c1-33-26-16-22(8-11-24(26)34-15-14-29-17-28(32,18-29)21-6-7-21)30-13-12-25(27(30)31)35-23-9-4-20(5-10-23)19-2-3-19/h4-5,8-12,16,19,21,32H,2-3,6-7,13-15,17-18H2,1H3. The molecule has 184 valence electrons. The van der Waals surface area contributed by atoms with Crippen LogP contribution in [0, 0.1) is 5.92 Å². The summed E-state index contributed by atoms with van der Waals surface area (Å²) in [4.78, 5) is 16.9. The van der Waals surface area contributed by atoms with Crippen LogP contribution in [0.15, 0.2) is 54.3 Å². The Labute approximate surface area is 205 Å². The smallest absolute Gasteiger partial charge is 0.294 e. The van der Waals surface area contributed by atoms with Crippen LogP contribution in [-0.2, 0) is 4.79 Å². The molecule has 7 heteroatoms. The molecule has 2 aliphatic heterocycles. The third-order valence-electron chi connectivity index (χ3n) is 7.53. The fraction of sp³-hybridized carbons (Fsp3) is 0.464. The van der Waals surface area contributed by atoms with Gasteiger partial charge < -0.3 is 24.2 Å². The first-order valence-corrected chi connectivity index (χ1v) is 12.6. The van der Waals surface area contributed by atoms with E-state index in [4.69, 9.17) is 14.2 Å². The molecule has 2 heterocycles. The maximum atomic E-state index is 13.0. The predicted molar refractivity (Wildman–Crippen MR) is 132 cm³/mol. The highest BCUT2D eigenvalue weighted by Gasteiger charge is 2.51. The molecule has 3 fully saturated rings. The lowest BCUT2D eigenvalue weighted by Gasteiger charge is -2.47. The second-order valence-corrected chi connectivity index (χ2v) is 10.2. The molecule has 2 saturated carbocycles. The summed E-state index contributed by atoms with van der Waals surface area (Å²) < 4.78 is 17.4. The second kappa shape index (κ2) is 8.88. The number of carbonyl (C=O) groups is 1. The molecule has 0 bridgehead atoms. The number of hydrogen-bond acceptors (Lipinski definition) is 6. The van der Waals surface area contributed by atoms with Gasteiger partial charge in [-0.25, -0.2) is 0 Å². The van der Waals surface area contributed by atoms with Gasteiger partial charge in [0.05, 0.1) is 12.7 Å². The number of benzene rings is 2. The van der Waals surface area contributed by atoms with Gasteiger partial charge >= 0.3 is 0 Å². The van der Waals surface area contributed by atoms with Crippen molar-refractivity contribution >= 4 is 11.6 Å². The van der Waals surface area contributed by atoms with Crippen LogP contribution in [0.2, 0.25) is 0 Å². The summed E-state index contributed by atoms with van der Waals surface area (Å²) in [6, 6.07) is 13.6.